The Morgan fingerprint density at radius 3 is 2.34 bits per heavy atom. The van der Waals surface area contributed by atoms with Gasteiger partial charge in [-0.15, -0.1) is 0 Å². The molecule has 6 heteroatoms. The Balaban J connectivity index is 1.42. The van der Waals surface area contributed by atoms with E-state index in [2.05, 4.69) is 29.4 Å². The highest BCUT2D eigenvalue weighted by molar-refractivity contribution is 6.34. The maximum Gasteiger partial charge on any atom is 0.225 e. The Morgan fingerprint density at radius 1 is 1.14 bits per heavy atom. The first-order valence-corrected chi connectivity index (χ1v) is 10.6. The van der Waals surface area contributed by atoms with Crippen LogP contribution in [-0.4, -0.2) is 29.6 Å². The van der Waals surface area contributed by atoms with Gasteiger partial charge in [0, 0.05) is 47.0 Å². The van der Waals surface area contributed by atoms with Gasteiger partial charge in [-0.3, -0.25) is 4.79 Å². The fourth-order valence-electron chi connectivity index (χ4n) is 3.89. The summed E-state index contributed by atoms with van der Waals surface area (Å²) in [6.45, 7) is 7.48. The van der Waals surface area contributed by atoms with Crippen molar-refractivity contribution in [1.29, 1.82) is 0 Å². The molecule has 2 heterocycles. The third-order valence-electron chi connectivity index (χ3n) is 5.74. The van der Waals surface area contributed by atoms with E-state index in [1.165, 1.54) is 5.56 Å². The number of hydrogen-bond acceptors (Lipinski definition) is 3. The molecule has 4 nitrogen and oxygen atoms in total. The number of amides is 1. The van der Waals surface area contributed by atoms with E-state index < -0.39 is 5.60 Å². The van der Waals surface area contributed by atoms with Gasteiger partial charge < -0.3 is 9.74 Å². The highest BCUT2D eigenvalue weighted by Crippen LogP contribution is 2.38. The summed E-state index contributed by atoms with van der Waals surface area (Å²) in [5.74, 6) is 0.700. The molecule has 2 aliphatic heterocycles. The molecule has 0 spiro atoms. The van der Waals surface area contributed by atoms with Crippen molar-refractivity contribution in [2.45, 2.75) is 38.7 Å². The van der Waals surface area contributed by atoms with Crippen LogP contribution in [0, 0.1) is 5.92 Å². The molecule has 1 fully saturated rings. The zero-order valence-electron chi connectivity index (χ0n) is 16.8. The van der Waals surface area contributed by atoms with E-state index in [9.17, 15) is 4.79 Å². The number of carbonyl (C=O) groups excluding carboxylic acids is 1. The van der Waals surface area contributed by atoms with Crippen LogP contribution in [0.4, 0.5) is 0 Å². The molecule has 1 unspecified atom stereocenters. The van der Waals surface area contributed by atoms with Crippen molar-refractivity contribution < 1.29 is 9.63 Å². The Bertz CT molecular complexity index is 945. The minimum Gasteiger partial charge on any atom is -0.384 e. The molecular weight excluding hydrogens is 407 g/mol. The maximum atomic E-state index is 12.0. The van der Waals surface area contributed by atoms with Crippen LogP contribution in [0.25, 0.3) is 0 Å². The normalized spacial score (nSPS) is 21.7. The van der Waals surface area contributed by atoms with Gasteiger partial charge in [0.2, 0.25) is 5.91 Å². The minimum absolute atomic E-state index is 0.0578. The number of carbonyl (C=O) groups is 1. The van der Waals surface area contributed by atoms with Gasteiger partial charge in [-0.05, 0) is 36.2 Å². The van der Waals surface area contributed by atoms with E-state index >= 15 is 0 Å². The average molecular weight is 431 g/mol. The van der Waals surface area contributed by atoms with Crippen LogP contribution >= 0.6 is 23.2 Å². The van der Waals surface area contributed by atoms with Crippen LogP contribution in [0.15, 0.2) is 47.6 Å². The van der Waals surface area contributed by atoms with Crippen LogP contribution in [0.2, 0.25) is 10.0 Å². The molecular formula is C23H24Cl2N2O2. The lowest BCUT2D eigenvalue weighted by atomic mass is 9.87. The average Bonchev–Trinajstić information content (AvgIpc) is 3.04. The first-order valence-electron chi connectivity index (χ1n) is 9.86. The van der Waals surface area contributed by atoms with Gasteiger partial charge in [-0.25, -0.2) is 0 Å². The van der Waals surface area contributed by atoms with Crippen LogP contribution in [0.3, 0.4) is 0 Å². The predicted octanol–water partition coefficient (Wildman–Crippen LogP) is 5.62. The topological polar surface area (TPSA) is 41.9 Å². The van der Waals surface area contributed by atoms with E-state index in [0.29, 0.717) is 22.4 Å². The molecule has 0 N–H and O–H groups in total. The number of nitrogens with zero attached hydrogens (tertiary/aromatic N) is 2. The predicted molar refractivity (Wildman–Crippen MR) is 117 cm³/mol. The standard InChI is InChI=1S/C23H24Cl2N2O2/c1-14(2)22(28)27-12-17(13-27)15-4-6-16(7-5-15)21-11-23(3,29-26-21)18-8-19(24)10-20(25)9-18/h4-10,14,17H,11-13H2,1-3H3. The fourth-order valence-corrected chi connectivity index (χ4v) is 4.42. The largest absolute Gasteiger partial charge is 0.384 e. The molecule has 0 aliphatic carbocycles. The van der Waals surface area contributed by atoms with Crippen LogP contribution < -0.4 is 0 Å². The summed E-state index contributed by atoms with van der Waals surface area (Å²) >= 11 is 12.3. The first kappa shape index (κ1) is 20.2. The Labute approximate surface area is 181 Å². The Morgan fingerprint density at radius 2 is 1.76 bits per heavy atom. The Kier molecular flexibility index (Phi) is 5.34. The molecule has 1 atom stereocenters. The zero-order chi connectivity index (χ0) is 20.8. The third-order valence-corrected chi connectivity index (χ3v) is 6.17. The van der Waals surface area contributed by atoms with Gasteiger partial charge in [0.05, 0.1) is 5.71 Å². The zero-order valence-corrected chi connectivity index (χ0v) is 18.3. The summed E-state index contributed by atoms with van der Waals surface area (Å²) in [5.41, 5.74) is 3.52. The van der Waals surface area contributed by atoms with Gasteiger partial charge in [0.1, 0.15) is 0 Å². The fraction of sp³-hybridized carbons (Fsp3) is 0.391. The second-order valence-corrected chi connectivity index (χ2v) is 9.28. The van der Waals surface area contributed by atoms with Gasteiger partial charge in [0.15, 0.2) is 5.60 Å². The maximum absolute atomic E-state index is 12.0. The molecule has 0 radical (unpaired) electrons. The molecule has 0 aromatic heterocycles. The lowest BCUT2D eigenvalue weighted by Gasteiger charge is -2.40. The molecule has 2 aliphatic rings. The highest BCUT2D eigenvalue weighted by Gasteiger charge is 2.37. The van der Waals surface area contributed by atoms with Crippen molar-refractivity contribution >= 4 is 34.8 Å². The summed E-state index contributed by atoms with van der Waals surface area (Å²) in [7, 11) is 0. The number of rotatable bonds is 4. The summed E-state index contributed by atoms with van der Waals surface area (Å²) < 4.78 is 0. The number of likely N-dealkylation sites (tertiary alicyclic amines) is 1. The Hall–Kier alpha value is -2.04. The molecule has 0 bridgehead atoms. The first-order chi connectivity index (χ1) is 13.7. The van der Waals surface area contributed by atoms with Crippen LogP contribution in [0.5, 0.6) is 0 Å². The summed E-state index contributed by atoms with van der Waals surface area (Å²) in [4.78, 5) is 19.8. The van der Waals surface area contributed by atoms with E-state index in [1.807, 2.05) is 37.8 Å². The smallest absolute Gasteiger partial charge is 0.225 e. The summed E-state index contributed by atoms with van der Waals surface area (Å²) in [5, 5.41) is 5.50. The molecule has 2 aromatic carbocycles. The van der Waals surface area contributed by atoms with Crippen LogP contribution in [-0.2, 0) is 15.2 Å². The minimum atomic E-state index is -0.589. The highest BCUT2D eigenvalue weighted by atomic mass is 35.5. The van der Waals surface area contributed by atoms with Gasteiger partial charge in [-0.2, -0.15) is 0 Å². The molecule has 29 heavy (non-hydrogen) atoms. The van der Waals surface area contributed by atoms with Crippen molar-refractivity contribution in [3.63, 3.8) is 0 Å². The van der Waals surface area contributed by atoms with Crippen molar-refractivity contribution in [3.8, 4) is 0 Å². The molecule has 1 amide bonds. The molecule has 152 valence electrons. The second kappa shape index (κ2) is 7.66. The number of hydrogen-bond donors (Lipinski definition) is 0. The van der Waals surface area contributed by atoms with Crippen molar-refractivity contribution in [3.05, 3.63) is 69.2 Å². The van der Waals surface area contributed by atoms with E-state index in [0.717, 1.165) is 29.9 Å². The quantitative estimate of drug-likeness (QED) is 0.631. The van der Waals surface area contributed by atoms with Crippen molar-refractivity contribution in [2.75, 3.05) is 13.1 Å². The lowest BCUT2D eigenvalue weighted by molar-refractivity contribution is -0.138. The van der Waals surface area contributed by atoms with Crippen LogP contribution in [0.1, 0.15) is 49.8 Å². The third kappa shape index (κ3) is 4.01. The second-order valence-electron chi connectivity index (χ2n) is 8.41. The van der Waals surface area contributed by atoms with E-state index in [1.54, 1.807) is 6.07 Å². The molecule has 0 saturated carbocycles. The SMILES string of the molecule is CC(C)C(=O)N1CC(c2ccc(C3=NOC(C)(c4cc(Cl)cc(Cl)c4)C3)cc2)C1. The monoisotopic (exact) mass is 430 g/mol. The van der Waals surface area contributed by atoms with Crippen molar-refractivity contribution in [2.24, 2.45) is 11.1 Å². The molecule has 4 rings (SSSR count). The van der Waals surface area contributed by atoms with E-state index in [4.69, 9.17) is 28.0 Å². The summed E-state index contributed by atoms with van der Waals surface area (Å²) in [6.07, 6.45) is 0.642. The number of benzene rings is 2. The molecule has 2 aromatic rings. The summed E-state index contributed by atoms with van der Waals surface area (Å²) in [6, 6.07) is 13.9. The number of halogens is 2. The number of oxime groups is 1. The van der Waals surface area contributed by atoms with Gasteiger partial charge in [0.25, 0.3) is 0 Å². The molecule has 1 saturated heterocycles. The lowest BCUT2D eigenvalue weighted by Crippen LogP contribution is -2.49. The van der Waals surface area contributed by atoms with Crippen molar-refractivity contribution in [1.82, 2.24) is 4.90 Å². The van der Waals surface area contributed by atoms with Gasteiger partial charge >= 0.3 is 0 Å². The van der Waals surface area contributed by atoms with E-state index in [-0.39, 0.29) is 11.8 Å². The van der Waals surface area contributed by atoms with Gasteiger partial charge in [-0.1, -0.05) is 66.5 Å².